The van der Waals surface area contributed by atoms with Crippen molar-refractivity contribution in [2.24, 2.45) is 0 Å². The third-order valence-corrected chi connectivity index (χ3v) is 5.05. The number of methoxy groups -OCH3 is 1. The molecule has 144 valence electrons. The van der Waals surface area contributed by atoms with Crippen molar-refractivity contribution in [1.29, 1.82) is 0 Å². The first-order chi connectivity index (χ1) is 14.1. The number of benzene rings is 1. The van der Waals surface area contributed by atoms with Gasteiger partial charge in [-0.2, -0.15) is 0 Å². The van der Waals surface area contributed by atoms with Crippen molar-refractivity contribution in [3.63, 3.8) is 0 Å². The number of aryl methyl sites for hydroxylation is 1. The lowest BCUT2D eigenvalue weighted by molar-refractivity contribution is 0.102. The van der Waals surface area contributed by atoms with Crippen molar-refractivity contribution in [3.8, 4) is 28.5 Å². The maximum Gasteiger partial charge on any atom is 0.259 e. The molecular formula is C22H18N4O2S. The van der Waals surface area contributed by atoms with E-state index in [2.05, 4.69) is 20.3 Å². The summed E-state index contributed by atoms with van der Waals surface area (Å²) < 4.78 is 5.16. The first-order valence-corrected chi connectivity index (χ1v) is 9.82. The van der Waals surface area contributed by atoms with Crippen LogP contribution in [-0.4, -0.2) is 28.0 Å². The van der Waals surface area contributed by atoms with Crippen molar-refractivity contribution in [2.45, 2.75) is 6.92 Å². The number of nitrogens with one attached hydrogen (secondary N) is 1. The molecule has 0 unspecified atom stereocenters. The topological polar surface area (TPSA) is 77.0 Å². The zero-order valence-electron chi connectivity index (χ0n) is 15.9. The number of aromatic nitrogens is 3. The fraction of sp³-hybridized carbons (Fsp3) is 0.0909. The van der Waals surface area contributed by atoms with E-state index in [1.54, 1.807) is 31.5 Å². The number of rotatable bonds is 5. The maximum absolute atomic E-state index is 12.9. The summed E-state index contributed by atoms with van der Waals surface area (Å²) in [6.45, 7) is 2.02. The zero-order valence-corrected chi connectivity index (χ0v) is 16.7. The van der Waals surface area contributed by atoms with E-state index in [0.29, 0.717) is 33.7 Å². The highest BCUT2D eigenvalue weighted by Crippen LogP contribution is 2.27. The molecule has 3 heterocycles. The molecule has 3 aromatic heterocycles. The number of carbonyl (C=O) groups is 1. The molecule has 4 aromatic rings. The molecule has 7 heteroatoms. The van der Waals surface area contributed by atoms with E-state index < -0.39 is 0 Å². The summed E-state index contributed by atoms with van der Waals surface area (Å²) in [6.07, 6.45) is 1.68. The van der Waals surface area contributed by atoms with E-state index in [0.717, 1.165) is 11.1 Å². The Bertz CT molecular complexity index is 1160. The first kappa shape index (κ1) is 18.8. The molecule has 0 radical (unpaired) electrons. The molecule has 4 rings (SSSR count). The van der Waals surface area contributed by atoms with Gasteiger partial charge in [-0.3, -0.25) is 15.1 Å². The van der Waals surface area contributed by atoms with Crippen LogP contribution >= 0.6 is 11.3 Å². The summed E-state index contributed by atoms with van der Waals surface area (Å²) >= 11 is 1.34. The summed E-state index contributed by atoms with van der Waals surface area (Å²) in [5, 5.41) is 5.21. The Balaban J connectivity index is 1.58. The van der Waals surface area contributed by atoms with Crippen LogP contribution in [0.15, 0.2) is 66.2 Å². The van der Waals surface area contributed by atoms with Gasteiger partial charge in [-0.05, 0) is 25.1 Å². The molecule has 1 N–H and O–H groups in total. The van der Waals surface area contributed by atoms with Crippen LogP contribution in [0, 0.1) is 6.92 Å². The lowest BCUT2D eigenvalue weighted by Gasteiger charge is -2.08. The highest BCUT2D eigenvalue weighted by molar-refractivity contribution is 7.14. The van der Waals surface area contributed by atoms with Crippen LogP contribution in [0.1, 0.15) is 15.9 Å². The smallest absolute Gasteiger partial charge is 0.259 e. The molecule has 1 amide bonds. The van der Waals surface area contributed by atoms with Crippen molar-refractivity contribution in [3.05, 3.63) is 77.3 Å². The Labute approximate surface area is 172 Å². The molecule has 1 aromatic carbocycles. The zero-order chi connectivity index (χ0) is 20.2. The van der Waals surface area contributed by atoms with Crippen molar-refractivity contribution < 1.29 is 9.53 Å². The number of anilines is 1. The highest BCUT2D eigenvalue weighted by Gasteiger charge is 2.16. The fourth-order valence-corrected chi connectivity index (χ4v) is 3.51. The van der Waals surface area contributed by atoms with Crippen LogP contribution in [0.4, 0.5) is 5.13 Å². The standard InChI is InChI=1S/C22H18N4O2S/c1-14-8-10-15(11-9-14)20-16(5-4-12-23-20)21(27)26-22-25-18(13-29-22)17-6-3-7-19(24-17)28-2/h3-13H,1-2H3,(H,25,26,27). The van der Waals surface area contributed by atoms with E-state index in [4.69, 9.17) is 4.74 Å². The summed E-state index contributed by atoms with van der Waals surface area (Å²) in [4.78, 5) is 26.2. The van der Waals surface area contributed by atoms with Gasteiger partial charge in [-0.1, -0.05) is 35.9 Å². The number of amides is 1. The van der Waals surface area contributed by atoms with Crippen molar-refractivity contribution in [1.82, 2.24) is 15.0 Å². The molecule has 0 saturated carbocycles. The van der Waals surface area contributed by atoms with Gasteiger partial charge in [-0.25, -0.2) is 9.97 Å². The molecule has 0 aliphatic heterocycles. The van der Waals surface area contributed by atoms with Gasteiger partial charge in [0.05, 0.1) is 24.1 Å². The average molecular weight is 402 g/mol. The number of carbonyl (C=O) groups excluding carboxylic acids is 1. The number of nitrogens with zero attached hydrogens (tertiary/aromatic N) is 3. The van der Waals surface area contributed by atoms with Crippen molar-refractivity contribution >= 4 is 22.4 Å². The van der Waals surface area contributed by atoms with Crippen LogP contribution in [0.5, 0.6) is 5.88 Å². The van der Waals surface area contributed by atoms with Gasteiger partial charge in [0.1, 0.15) is 5.69 Å². The molecule has 0 aliphatic carbocycles. The van der Waals surface area contributed by atoms with Gasteiger partial charge in [0.15, 0.2) is 5.13 Å². The molecule has 0 saturated heterocycles. The number of pyridine rings is 2. The molecule has 6 nitrogen and oxygen atoms in total. The Morgan fingerprint density at radius 1 is 1.00 bits per heavy atom. The van der Waals surface area contributed by atoms with E-state index >= 15 is 0 Å². The third-order valence-electron chi connectivity index (χ3n) is 4.30. The summed E-state index contributed by atoms with van der Waals surface area (Å²) in [5.74, 6) is 0.257. The number of hydrogen-bond donors (Lipinski definition) is 1. The summed E-state index contributed by atoms with van der Waals surface area (Å²) in [5.41, 5.74) is 4.53. The fourth-order valence-electron chi connectivity index (χ4n) is 2.81. The van der Waals surface area contributed by atoms with E-state index in [-0.39, 0.29) is 5.91 Å². The minimum Gasteiger partial charge on any atom is -0.481 e. The minimum absolute atomic E-state index is 0.256. The SMILES string of the molecule is COc1cccc(-c2csc(NC(=O)c3cccnc3-c3ccc(C)cc3)n2)n1. The van der Waals surface area contributed by atoms with E-state index in [9.17, 15) is 4.79 Å². The maximum atomic E-state index is 12.9. The van der Waals surface area contributed by atoms with Gasteiger partial charge in [0.2, 0.25) is 5.88 Å². The van der Waals surface area contributed by atoms with Crippen LogP contribution < -0.4 is 10.1 Å². The average Bonchev–Trinajstić information content (AvgIpc) is 3.23. The third kappa shape index (κ3) is 4.14. The molecule has 0 atom stereocenters. The number of ether oxygens (including phenoxy) is 1. The molecule has 0 spiro atoms. The second-order valence-corrected chi connectivity index (χ2v) is 7.18. The largest absolute Gasteiger partial charge is 0.481 e. The normalized spacial score (nSPS) is 10.6. The van der Waals surface area contributed by atoms with Gasteiger partial charge < -0.3 is 4.74 Å². The lowest BCUT2D eigenvalue weighted by atomic mass is 10.0. The van der Waals surface area contributed by atoms with Gasteiger partial charge in [0, 0.05) is 23.2 Å². The van der Waals surface area contributed by atoms with E-state index in [1.165, 1.54) is 11.3 Å². The number of thiazole rings is 1. The van der Waals surface area contributed by atoms with Gasteiger partial charge in [-0.15, -0.1) is 11.3 Å². The van der Waals surface area contributed by atoms with Crippen LogP contribution in [0.2, 0.25) is 0 Å². The monoisotopic (exact) mass is 402 g/mol. The van der Waals surface area contributed by atoms with Gasteiger partial charge >= 0.3 is 0 Å². The Kier molecular flexibility index (Phi) is 5.31. The van der Waals surface area contributed by atoms with Crippen LogP contribution in [0.3, 0.4) is 0 Å². The highest BCUT2D eigenvalue weighted by atomic mass is 32.1. The van der Waals surface area contributed by atoms with E-state index in [1.807, 2.05) is 48.7 Å². The Morgan fingerprint density at radius 2 is 1.83 bits per heavy atom. The number of hydrogen-bond acceptors (Lipinski definition) is 6. The molecule has 0 fully saturated rings. The van der Waals surface area contributed by atoms with Crippen LogP contribution in [0.25, 0.3) is 22.6 Å². The molecule has 0 aliphatic rings. The predicted octanol–water partition coefficient (Wildman–Crippen LogP) is 4.84. The van der Waals surface area contributed by atoms with Crippen LogP contribution in [-0.2, 0) is 0 Å². The molecular weight excluding hydrogens is 384 g/mol. The molecule has 0 bridgehead atoms. The summed E-state index contributed by atoms with van der Waals surface area (Å²) in [6, 6.07) is 16.9. The Morgan fingerprint density at radius 3 is 2.62 bits per heavy atom. The lowest BCUT2D eigenvalue weighted by Crippen LogP contribution is -2.13. The summed E-state index contributed by atoms with van der Waals surface area (Å²) in [7, 11) is 1.57. The minimum atomic E-state index is -0.256. The van der Waals surface area contributed by atoms with Crippen molar-refractivity contribution in [2.75, 3.05) is 12.4 Å². The second kappa shape index (κ2) is 8.20. The Hall–Kier alpha value is -3.58. The first-order valence-electron chi connectivity index (χ1n) is 8.94. The van der Waals surface area contributed by atoms with Gasteiger partial charge in [0.25, 0.3) is 5.91 Å². The quantitative estimate of drug-likeness (QED) is 0.517. The second-order valence-electron chi connectivity index (χ2n) is 6.32. The molecule has 29 heavy (non-hydrogen) atoms. The predicted molar refractivity (Wildman–Crippen MR) is 114 cm³/mol.